The Morgan fingerprint density at radius 3 is 1.86 bits per heavy atom. The number of nitrogens with zero attached hydrogens (tertiary/aromatic N) is 1. The number of hydrogen-bond acceptors (Lipinski definition) is 3. The molecule has 0 fully saturated rings. The summed E-state index contributed by atoms with van der Waals surface area (Å²) in [5, 5.41) is 0. The lowest BCUT2D eigenvalue weighted by Crippen LogP contribution is -2.27. The molecule has 0 heterocycles. The first-order valence-electron chi connectivity index (χ1n) is 11.5. The number of amides is 1. The lowest BCUT2D eigenvalue weighted by Gasteiger charge is -2.15. The van der Waals surface area contributed by atoms with Crippen LogP contribution in [0.5, 0.6) is 0 Å². The smallest absolute Gasteiger partial charge is 0.306 e. The van der Waals surface area contributed by atoms with Gasteiger partial charge in [-0.15, -0.1) is 0 Å². The third-order valence-corrected chi connectivity index (χ3v) is 4.94. The molecule has 0 unspecified atom stereocenters. The highest BCUT2D eigenvalue weighted by molar-refractivity contribution is 5.76. The predicted octanol–water partition coefficient (Wildman–Crippen LogP) is 6.43. The minimum Gasteiger partial charge on any atom is -0.462 e. The molecule has 0 aliphatic carbocycles. The second-order valence-corrected chi connectivity index (χ2v) is 8.13. The maximum Gasteiger partial charge on any atom is 0.306 e. The van der Waals surface area contributed by atoms with E-state index in [1.807, 2.05) is 0 Å². The molecular formula is C24H45NO3. The van der Waals surface area contributed by atoms with Crippen LogP contribution in [0, 0.1) is 0 Å². The van der Waals surface area contributed by atoms with Gasteiger partial charge in [-0.25, -0.2) is 0 Å². The second kappa shape index (κ2) is 19.0. The van der Waals surface area contributed by atoms with Crippen LogP contribution in [0.2, 0.25) is 0 Å². The predicted molar refractivity (Wildman–Crippen MR) is 118 cm³/mol. The van der Waals surface area contributed by atoms with Crippen molar-refractivity contribution in [3.05, 3.63) is 12.2 Å². The summed E-state index contributed by atoms with van der Waals surface area (Å²) in [6.07, 6.45) is 21.2. The van der Waals surface area contributed by atoms with E-state index in [-0.39, 0.29) is 24.4 Å². The van der Waals surface area contributed by atoms with Crippen LogP contribution in [0.3, 0.4) is 0 Å². The Balaban J connectivity index is 3.41. The average molecular weight is 396 g/mol. The molecule has 0 aromatic rings. The first kappa shape index (κ1) is 26.7. The van der Waals surface area contributed by atoms with E-state index in [0.717, 1.165) is 12.8 Å². The fourth-order valence-electron chi connectivity index (χ4n) is 3.09. The molecular weight excluding hydrogens is 350 g/mol. The number of allylic oxidation sites excluding steroid dienone is 2. The summed E-state index contributed by atoms with van der Waals surface area (Å²) < 4.78 is 5.29. The Hall–Kier alpha value is -1.32. The molecule has 0 aliphatic heterocycles. The van der Waals surface area contributed by atoms with Crippen molar-refractivity contribution in [3.63, 3.8) is 0 Å². The maximum atomic E-state index is 11.8. The largest absolute Gasteiger partial charge is 0.462 e. The van der Waals surface area contributed by atoms with Crippen molar-refractivity contribution in [2.24, 2.45) is 0 Å². The van der Waals surface area contributed by atoms with Crippen LogP contribution < -0.4 is 0 Å². The molecule has 1 atom stereocenters. The summed E-state index contributed by atoms with van der Waals surface area (Å²) in [7, 11) is 3.42. The molecule has 4 nitrogen and oxygen atoms in total. The third kappa shape index (κ3) is 18.1. The summed E-state index contributed by atoms with van der Waals surface area (Å²) in [6, 6.07) is 0. The molecule has 0 saturated carbocycles. The molecule has 164 valence electrons. The molecule has 4 heteroatoms. The topological polar surface area (TPSA) is 46.6 Å². The van der Waals surface area contributed by atoms with Gasteiger partial charge < -0.3 is 9.64 Å². The van der Waals surface area contributed by atoms with Crippen molar-refractivity contribution in [2.75, 3.05) is 14.1 Å². The van der Waals surface area contributed by atoms with Gasteiger partial charge in [0.2, 0.25) is 5.91 Å². The van der Waals surface area contributed by atoms with E-state index >= 15 is 0 Å². The molecule has 0 aromatic heterocycles. The Morgan fingerprint density at radius 2 is 1.32 bits per heavy atom. The number of carbonyl (C=O) groups is 2. The Bertz CT molecular complexity index is 418. The number of unbranched alkanes of at least 4 members (excludes halogenated alkanes) is 11. The van der Waals surface area contributed by atoms with Gasteiger partial charge in [0.1, 0.15) is 6.10 Å². The van der Waals surface area contributed by atoms with Gasteiger partial charge in [-0.1, -0.05) is 70.4 Å². The van der Waals surface area contributed by atoms with Gasteiger partial charge in [0.15, 0.2) is 0 Å². The molecule has 0 spiro atoms. The Kier molecular flexibility index (Phi) is 18.1. The van der Waals surface area contributed by atoms with Gasteiger partial charge in [-0.2, -0.15) is 0 Å². The van der Waals surface area contributed by atoms with Crippen molar-refractivity contribution in [3.8, 4) is 0 Å². The number of hydrogen-bond donors (Lipinski definition) is 0. The minimum atomic E-state index is -0.342. The molecule has 0 saturated heterocycles. The zero-order valence-corrected chi connectivity index (χ0v) is 19.0. The van der Waals surface area contributed by atoms with Crippen molar-refractivity contribution >= 4 is 11.9 Å². The van der Waals surface area contributed by atoms with E-state index in [0.29, 0.717) is 6.42 Å². The lowest BCUT2D eigenvalue weighted by molar-refractivity contribution is -0.150. The van der Waals surface area contributed by atoms with Crippen LogP contribution in [0.4, 0.5) is 0 Å². The van der Waals surface area contributed by atoms with Crippen LogP contribution in [-0.4, -0.2) is 37.0 Å². The van der Waals surface area contributed by atoms with E-state index in [9.17, 15) is 9.59 Å². The van der Waals surface area contributed by atoms with Crippen LogP contribution in [0.15, 0.2) is 12.2 Å². The number of esters is 1. The van der Waals surface area contributed by atoms with Crippen LogP contribution in [0.25, 0.3) is 0 Å². The van der Waals surface area contributed by atoms with Crippen molar-refractivity contribution in [2.45, 2.75) is 116 Å². The highest BCUT2D eigenvalue weighted by Gasteiger charge is 2.14. The normalized spacial score (nSPS) is 12.3. The van der Waals surface area contributed by atoms with Gasteiger partial charge in [0.25, 0.3) is 0 Å². The Labute approximate surface area is 174 Å². The van der Waals surface area contributed by atoms with Gasteiger partial charge in [-0.3, -0.25) is 9.59 Å². The number of carbonyl (C=O) groups excluding carboxylic acids is 2. The van der Waals surface area contributed by atoms with E-state index in [1.165, 1.54) is 75.5 Å². The average Bonchev–Trinajstić information content (AvgIpc) is 2.64. The van der Waals surface area contributed by atoms with Crippen molar-refractivity contribution in [1.29, 1.82) is 0 Å². The van der Waals surface area contributed by atoms with E-state index in [1.54, 1.807) is 21.0 Å². The summed E-state index contributed by atoms with van der Waals surface area (Å²) in [5.41, 5.74) is 0. The minimum absolute atomic E-state index is 0.0127. The summed E-state index contributed by atoms with van der Waals surface area (Å²) in [5.74, 6) is -0.196. The zero-order chi connectivity index (χ0) is 21.0. The van der Waals surface area contributed by atoms with Gasteiger partial charge in [-0.05, 0) is 39.0 Å². The zero-order valence-electron chi connectivity index (χ0n) is 19.0. The monoisotopic (exact) mass is 395 g/mol. The molecule has 0 N–H and O–H groups in total. The summed E-state index contributed by atoms with van der Waals surface area (Å²) >= 11 is 0. The van der Waals surface area contributed by atoms with Crippen LogP contribution in [0.1, 0.15) is 110 Å². The highest BCUT2D eigenvalue weighted by Crippen LogP contribution is 2.11. The van der Waals surface area contributed by atoms with E-state index in [4.69, 9.17) is 4.74 Å². The standard InChI is InChI=1S/C24H45NO3/c1-5-6-7-8-9-10-11-12-13-14-15-16-17-18-19-20-24(27)28-22(2)21-23(26)25(3)4/h12-13,22H,5-11,14-21H2,1-4H3/b13-12+/t22-/m1/s1. The fourth-order valence-corrected chi connectivity index (χ4v) is 3.09. The van der Waals surface area contributed by atoms with Gasteiger partial charge in [0.05, 0.1) is 6.42 Å². The lowest BCUT2D eigenvalue weighted by atomic mass is 10.1. The molecule has 0 rings (SSSR count). The first-order chi connectivity index (χ1) is 13.5. The fraction of sp³-hybridized carbons (Fsp3) is 0.833. The van der Waals surface area contributed by atoms with Crippen molar-refractivity contribution < 1.29 is 14.3 Å². The van der Waals surface area contributed by atoms with Gasteiger partial charge in [0, 0.05) is 20.5 Å². The van der Waals surface area contributed by atoms with Crippen LogP contribution >= 0.6 is 0 Å². The molecule has 28 heavy (non-hydrogen) atoms. The highest BCUT2D eigenvalue weighted by atomic mass is 16.5. The maximum absolute atomic E-state index is 11.8. The molecule has 0 aliphatic rings. The second-order valence-electron chi connectivity index (χ2n) is 8.13. The molecule has 0 bridgehead atoms. The van der Waals surface area contributed by atoms with Crippen LogP contribution in [-0.2, 0) is 14.3 Å². The third-order valence-electron chi connectivity index (χ3n) is 4.94. The summed E-state index contributed by atoms with van der Waals surface area (Å²) in [6.45, 7) is 4.04. The van der Waals surface area contributed by atoms with E-state index in [2.05, 4.69) is 19.1 Å². The molecule has 1 amide bonds. The molecule has 0 radical (unpaired) electrons. The quantitative estimate of drug-likeness (QED) is 0.152. The first-order valence-corrected chi connectivity index (χ1v) is 11.5. The SMILES string of the molecule is CCCCCCCC/C=C/CCCCCCCC(=O)O[C@H](C)CC(=O)N(C)C. The number of rotatable bonds is 18. The van der Waals surface area contributed by atoms with Gasteiger partial charge >= 0.3 is 5.97 Å². The number of ether oxygens (including phenoxy) is 1. The van der Waals surface area contributed by atoms with E-state index < -0.39 is 0 Å². The Morgan fingerprint density at radius 1 is 0.821 bits per heavy atom. The van der Waals surface area contributed by atoms with Crippen molar-refractivity contribution in [1.82, 2.24) is 4.90 Å². The summed E-state index contributed by atoms with van der Waals surface area (Å²) in [4.78, 5) is 24.9. The molecule has 0 aromatic carbocycles.